The van der Waals surface area contributed by atoms with Gasteiger partial charge < -0.3 is 9.47 Å². The fourth-order valence-corrected chi connectivity index (χ4v) is 3.97. The van der Waals surface area contributed by atoms with Crippen LogP contribution in [-0.4, -0.2) is 36.9 Å². The van der Waals surface area contributed by atoms with Crippen molar-refractivity contribution in [2.24, 2.45) is 0 Å². The summed E-state index contributed by atoms with van der Waals surface area (Å²) in [5.41, 5.74) is 1.18. The number of fused-ring (bicyclic) bond motifs is 1. The second-order valence-corrected chi connectivity index (χ2v) is 7.80. The normalized spacial score (nSPS) is 14.8. The lowest BCUT2D eigenvalue weighted by Crippen LogP contribution is -2.39. The van der Waals surface area contributed by atoms with Gasteiger partial charge in [0.2, 0.25) is 10.0 Å². The van der Waals surface area contributed by atoms with Gasteiger partial charge in [-0.05, 0) is 30.7 Å². The van der Waals surface area contributed by atoms with E-state index in [0.717, 1.165) is 5.56 Å². The molecule has 0 unspecified atom stereocenters. The molecular formula is C16H18ClN3O3S. The van der Waals surface area contributed by atoms with Crippen LogP contribution in [0, 0.1) is 0 Å². The van der Waals surface area contributed by atoms with Gasteiger partial charge in [0.15, 0.2) is 0 Å². The molecular weight excluding hydrogens is 350 g/mol. The van der Waals surface area contributed by atoms with Gasteiger partial charge in [-0.15, -0.1) is 0 Å². The predicted molar refractivity (Wildman–Crippen MR) is 91.5 cm³/mol. The van der Waals surface area contributed by atoms with Crippen molar-refractivity contribution in [1.82, 2.24) is 14.2 Å². The Kier molecular flexibility index (Phi) is 4.67. The van der Waals surface area contributed by atoms with Crippen LogP contribution in [0.2, 0.25) is 5.02 Å². The van der Waals surface area contributed by atoms with Crippen LogP contribution in [0.25, 0.3) is 0 Å². The highest BCUT2D eigenvalue weighted by Crippen LogP contribution is 2.20. The smallest absolute Gasteiger partial charge is 0.270 e. The van der Waals surface area contributed by atoms with Gasteiger partial charge in [0.25, 0.3) is 5.91 Å². The molecule has 8 heteroatoms. The van der Waals surface area contributed by atoms with E-state index in [-0.39, 0.29) is 17.3 Å². The molecule has 1 aromatic heterocycles. The molecule has 1 aromatic carbocycles. The first-order valence-corrected chi connectivity index (χ1v) is 9.50. The lowest BCUT2D eigenvalue weighted by Gasteiger charge is -2.26. The van der Waals surface area contributed by atoms with E-state index in [1.54, 1.807) is 33.7 Å². The summed E-state index contributed by atoms with van der Waals surface area (Å²) in [6.07, 6.45) is 1.51. The number of carbonyl (C=O) groups excluding carboxylic acids is 1. The Morgan fingerprint density at radius 2 is 2.04 bits per heavy atom. The molecule has 2 heterocycles. The molecule has 1 aliphatic heterocycles. The van der Waals surface area contributed by atoms with Crippen molar-refractivity contribution < 1.29 is 13.2 Å². The van der Waals surface area contributed by atoms with Gasteiger partial charge in [-0.1, -0.05) is 23.7 Å². The zero-order valence-corrected chi connectivity index (χ0v) is 14.8. The van der Waals surface area contributed by atoms with E-state index in [2.05, 4.69) is 4.72 Å². The highest BCUT2D eigenvalue weighted by atomic mass is 35.5. The van der Waals surface area contributed by atoms with Crippen molar-refractivity contribution >= 4 is 27.5 Å². The van der Waals surface area contributed by atoms with Crippen LogP contribution >= 0.6 is 11.6 Å². The van der Waals surface area contributed by atoms with Gasteiger partial charge in [-0.25, -0.2) is 13.1 Å². The number of likely N-dealkylation sites (N-methyl/N-ethyl adjacent to an activating group) is 1. The summed E-state index contributed by atoms with van der Waals surface area (Å²) in [7, 11) is -3.70. The second-order valence-electron chi connectivity index (χ2n) is 5.59. The molecule has 1 amide bonds. The molecule has 6 nitrogen and oxygen atoms in total. The molecule has 3 rings (SSSR count). The summed E-state index contributed by atoms with van der Waals surface area (Å²) in [4.78, 5) is 14.1. The topological polar surface area (TPSA) is 71.4 Å². The molecule has 0 aliphatic carbocycles. The number of sulfonamides is 1. The van der Waals surface area contributed by atoms with E-state index in [4.69, 9.17) is 11.6 Å². The molecule has 0 atom stereocenters. The zero-order chi connectivity index (χ0) is 17.3. The maximum Gasteiger partial charge on any atom is 0.270 e. The maximum atomic E-state index is 12.5. The first-order valence-electron chi connectivity index (χ1n) is 7.64. The van der Waals surface area contributed by atoms with Gasteiger partial charge in [-0.3, -0.25) is 4.79 Å². The average molecular weight is 368 g/mol. The Morgan fingerprint density at radius 1 is 1.25 bits per heavy atom. The molecule has 2 aromatic rings. The fourth-order valence-electron chi connectivity index (χ4n) is 2.70. The molecule has 0 bridgehead atoms. The van der Waals surface area contributed by atoms with Crippen molar-refractivity contribution in [2.45, 2.75) is 24.9 Å². The van der Waals surface area contributed by atoms with Crippen molar-refractivity contribution in [1.29, 1.82) is 0 Å². The van der Waals surface area contributed by atoms with Gasteiger partial charge in [0.05, 0.1) is 0 Å². The first-order chi connectivity index (χ1) is 11.4. The lowest BCUT2D eigenvalue weighted by atomic mass is 10.2. The minimum absolute atomic E-state index is 0.103. The fraction of sp³-hybridized carbons (Fsp3) is 0.312. The minimum atomic E-state index is -3.70. The molecule has 128 valence electrons. The van der Waals surface area contributed by atoms with Crippen molar-refractivity contribution in [2.75, 3.05) is 13.1 Å². The molecule has 0 saturated carbocycles. The van der Waals surface area contributed by atoms with Crippen molar-refractivity contribution in [3.8, 4) is 0 Å². The first kappa shape index (κ1) is 17.0. The number of benzene rings is 1. The van der Waals surface area contributed by atoms with E-state index in [9.17, 15) is 13.2 Å². The van der Waals surface area contributed by atoms with Gasteiger partial charge in [0, 0.05) is 37.4 Å². The number of nitrogens with zero attached hydrogens (tertiary/aromatic N) is 2. The summed E-state index contributed by atoms with van der Waals surface area (Å²) in [6.45, 7) is 3.84. The summed E-state index contributed by atoms with van der Waals surface area (Å²) < 4.78 is 29.2. The van der Waals surface area contributed by atoms with Crippen LogP contribution in [0.1, 0.15) is 23.0 Å². The summed E-state index contributed by atoms with van der Waals surface area (Å²) >= 11 is 5.90. The lowest BCUT2D eigenvalue weighted by molar-refractivity contribution is 0.0715. The Labute approximate surface area is 146 Å². The third kappa shape index (κ3) is 3.33. The van der Waals surface area contributed by atoms with Crippen LogP contribution in [0.15, 0.2) is 41.4 Å². The molecule has 1 aliphatic rings. The third-order valence-electron chi connectivity index (χ3n) is 4.04. The Bertz CT molecular complexity index is 876. The number of hydrogen-bond acceptors (Lipinski definition) is 3. The third-order valence-corrected chi connectivity index (χ3v) is 5.64. The van der Waals surface area contributed by atoms with E-state index < -0.39 is 10.0 Å². The number of hydrogen-bond donors (Lipinski definition) is 1. The van der Waals surface area contributed by atoms with Gasteiger partial charge >= 0.3 is 0 Å². The molecule has 0 spiro atoms. The quantitative estimate of drug-likeness (QED) is 0.879. The summed E-state index contributed by atoms with van der Waals surface area (Å²) in [5, 5.41) is 0.552. The summed E-state index contributed by atoms with van der Waals surface area (Å²) in [6, 6.07) is 8.43. The maximum absolute atomic E-state index is 12.5. The number of carbonyl (C=O) groups is 1. The predicted octanol–water partition coefficient (Wildman–Crippen LogP) is 2.10. The monoisotopic (exact) mass is 367 g/mol. The number of aromatic nitrogens is 1. The number of nitrogens with one attached hydrogen (secondary N) is 1. The van der Waals surface area contributed by atoms with Crippen LogP contribution in [0.4, 0.5) is 0 Å². The van der Waals surface area contributed by atoms with E-state index >= 15 is 0 Å². The zero-order valence-electron chi connectivity index (χ0n) is 13.2. The summed E-state index contributed by atoms with van der Waals surface area (Å²) in [5.74, 6) is -0.139. The molecule has 24 heavy (non-hydrogen) atoms. The number of halogens is 1. The molecule has 0 saturated heterocycles. The Hall–Kier alpha value is -1.83. The largest absolute Gasteiger partial charge is 0.340 e. The van der Waals surface area contributed by atoms with E-state index in [1.807, 2.05) is 6.92 Å². The van der Waals surface area contributed by atoms with E-state index in [0.29, 0.717) is 30.4 Å². The van der Waals surface area contributed by atoms with Crippen molar-refractivity contribution in [3.05, 3.63) is 52.8 Å². The minimum Gasteiger partial charge on any atom is -0.340 e. The highest BCUT2D eigenvalue weighted by Gasteiger charge is 2.27. The molecule has 0 radical (unpaired) electrons. The van der Waals surface area contributed by atoms with Crippen LogP contribution in [0.5, 0.6) is 0 Å². The number of amides is 1. The van der Waals surface area contributed by atoms with Crippen LogP contribution < -0.4 is 4.72 Å². The Balaban J connectivity index is 1.80. The molecule has 0 fully saturated rings. The standard InChI is InChI=1S/C16H18ClN3O3S/c1-2-19-6-7-20-11-14(9-15(20)16(19)21)24(22,23)18-10-12-4-3-5-13(17)8-12/h3-5,8-9,11,18H,2,6-7,10H2,1H3. The van der Waals surface area contributed by atoms with Crippen molar-refractivity contribution in [3.63, 3.8) is 0 Å². The van der Waals surface area contributed by atoms with E-state index in [1.165, 1.54) is 12.3 Å². The second kappa shape index (κ2) is 6.58. The van der Waals surface area contributed by atoms with Gasteiger partial charge in [0.1, 0.15) is 10.6 Å². The highest BCUT2D eigenvalue weighted by molar-refractivity contribution is 7.89. The van der Waals surface area contributed by atoms with Crippen LogP contribution in [0.3, 0.4) is 0 Å². The van der Waals surface area contributed by atoms with Gasteiger partial charge in [-0.2, -0.15) is 0 Å². The molecule has 1 N–H and O–H groups in total. The SMILES string of the molecule is CCN1CCn2cc(S(=O)(=O)NCc3cccc(Cl)c3)cc2C1=O. The average Bonchev–Trinajstić information content (AvgIpc) is 3.00. The number of rotatable bonds is 5. The Morgan fingerprint density at radius 3 is 2.75 bits per heavy atom. The van der Waals surface area contributed by atoms with Crippen LogP contribution in [-0.2, 0) is 23.1 Å².